The van der Waals surface area contributed by atoms with Crippen LogP contribution in [0.3, 0.4) is 0 Å². The molecule has 2 atom stereocenters. The van der Waals surface area contributed by atoms with Gasteiger partial charge in [0.25, 0.3) is 5.69 Å². The van der Waals surface area contributed by atoms with Gasteiger partial charge in [-0.1, -0.05) is 0 Å². The van der Waals surface area contributed by atoms with Crippen LogP contribution in [0.5, 0.6) is 0 Å². The summed E-state index contributed by atoms with van der Waals surface area (Å²) < 4.78 is 0. The molecule has 0 saturated carbocycles. The number of anilines is 1. The van der Waals surface area contributed by atoms with E-state index in [1.807, 2.05) is 17.9 Å². The maximum Gasteiger partial charge on any atom is 0.270 e. The first-order valence-corrected chi connectivity index (χ1v) is 6.62. The highest BCUT2D eigenvalue weighted by Gasteiger charge is 2.30. The first-order chi connectivity index (χ1) is 9.95. The van der Waals surface area contributed by atoms with Gasteiger partial charge in [0.15, 0.2) is 0 Å². The predicted octanol–water partition coefficient (Wildman–Crippen LogP) is 0.993. The molecule has 7 heteroatoms. The first-order valence-electron chi connectivity index (χ1n) is 6.62. The quantitative estimate of drug-likeness (QED) is 0.632. The molecular weight excluding hydrogens is 274 g/mol. The minimum Gasteiger partial charge on any atom is -0.389 e. The number of nitro groups is 1. The number of aliphatic hydroxyl groups excluding tert-OH is 2. The number of aliphatic hydroxyl groups is 2. The normalized spacial score (nSPS) is 22.0. The van der Waals surface area contributed by atoms with Gasteiger partial charge in [0, 0.05) is 42.0 Å². The maximum absolute atomic E-state index is 10.9. The Morgan fingerprint density at radius 2 is 1.95 bits per heavy atom. The van der Waals surface area contributed by atoms with Crippen molar-refractivity contribution in [2.45, 2.75) is 19.1 Å². The fourth-order valence-corrected chi connectivity index (χ4v) is 2.67. The summed E-state index contributed by atoms with van der Waals surface area (Å²) in [5.41, 5.74) is 2.18. The Morgan fingerprint density at radius 3 is 2.57 bits per heavy atom. The van der Waals surface area contributed by atoms with Gasteiger partial charge >= 0.3 is 0 Å². The summed E-state index contributed by atoms with van der Waals surface area (Å²) in [5, 5.41) is 31.0. The van der Waals surface area contributed by atoms with Gasteiger partial charge in [-0.2, -0.15) is 0 Å². The smallest absolute Gasteiger partial charge is 0.270 e. The number of nitro benzene ring substituents is 1. The number of hydrogen-bond donors (Lipinski definition) is 2. The zero-order chi connectivity index (χ0) is 15.1. The van der Waals surface area contributed by atoms with Gasteiger partial charge in [-0.25, -0.2) is 0 Å². The number of aryl methyl sites for hydroxylation is 1. The number of rotatable bonds is 2. The number of hydrogen-bond acceptors (Lipinski definition) is 6. The number of benzene rings is 1. The highest BCUT2D eigenvalue weighted by Crippen LogP contribution is 2.32. The third-order valence-electron chi connectivity index (χ3n) is 3.71. The van der Waals surface area contributed by atoms with Gasteiger partial charge in [-0.15, -0.1) is 0 Å². The molecule has 0 amide bonds. The Labute approximate surface area is 120 Å². The summed E-state index contributed by atoms with van der Waals surface area (Å²) >= 11 is 0. The van der Waals surface area contributed by atoms with E-state index in [0.29, 0.717) is 24.0 Å². The first kappa shape index (κ1) is 13.7. The van der Waals surface area contributed by atoms with Crippen LogP contribution in [0.4, 0.5) is 11.4 Å². The molecule has 21 heavy (non-hydrogen) atoms. The molecule has 1 fully saturated rings. The minimum absolute atomic E-state index is 0.00491. The van der Waals surface area contributed by atoms with E-state index in [2.05, 4.69) is 4.98 Å². The molecule has 2 aromatic rings. The van der Waals surface area contributed by atoms with Crippen molar-refractivity contribution in [2.24, 2.45) is 0 Å². The van der Waals surface area contributed by atoms with Crippen LogP contribution in [0.2, 0.25) is 0 Å². The van der Waals surface area contributed by atoms with Crippen molar-refractivity contribution >= 4 is 22.3 Å². The second-order valence-electron chi connectivity index (χ2n) is 5.28. The lowest BCUT2D eigenvalue weighted by Gasteiger charge is -2.20. The van der Waals surface area contributed by atoms with E-state index in [-0.39, 0.29) is 5.69 Å². The molecule has 1 aromatic carbocycles. The molecule has 3 rings (SSSR count). The molecule has 1 aromatic heterocycles. The predicted molar refractivity (Wildman–Crippen MR) is 77.4 cm³/mol. The van der Waals surface area contributed by atoms with Crippen molar-refractivity contribution in [3.63, 3.8) is 0 Å². The molecule has 0 radical (unpaired) electrons. The summed E-state index contributed by atoms with van der Waals surface area (Å²) in [6.07, 6.45) is -1.63. The Hall–Kier alpha value is -2.25. The number of non-ortho nitro benzene ring substituents is 1. The summed E-state index contributed by atoms with van der Waals surface area (Å²) in [6, 6.07) is 6.34. The van der Waals surface area contributed by atoms with Crippen molar-refractivity contribution in [3.8, 4) is 0 Å². The van der Waals surface area contributed by atoms with Gasteiger partial charge in [0.05, 0.1) is 22.6 Å². The number of aromatic nitrogens is 1. The van der Waals surface area contributed by atoms with Gasteiger partial charge in [0.2, 0.25) is 0 Å². The van der Waals surface area contributed by atoms with E-state index in [4.69, 9.17) is 0 Å². The largest absolute Gasteiger partial charge is 0.389 e. The molecule has 1 aliphatic heterocycles. The number of pyridine rings is 1. The van der Waals surface area contributed by atoms with E-state index >= 15 is 0 Å². The van der Waals surface area contributed by atoms with Crippen LogP contribution in [-0.2, 0) is 0 Å². The summed E-state index contributed by atoms with van der Waals surface area (Å²) in [7, 11) is 0. The van der Waals surface area contributed by atoms with Crippen molar-refractivity contribution in [1.29, 1.82) is 0 Å². The highest BCUT2D eigenvalue weighted by atomic mass is 16.6. The average Bonchev–Trinajstić information content (AvgIpc) is 2.77. The Bertz CT molecular complexity index is 709. The fourth-order valence-electron chi connectivity index (χ4n) is 2.67. The monoisotopic (exact) mass is 289 g/mol. The molecule has 0 aliphatic carbocycles. The van der Waals surface area contributed by atoms with Crippen molar-refractivity contribution in [3.05, 3.63) is 40.1 Å². The van der Waals surface area contributed by atoms with Crippen LogP contribution in [0.1, 0.15) is 5.69 Å². The minimum atomic E-state index is -0.813. The van der Waals surface area contributed by atoms with Gasteiger partial charge < -0.3 is 15.1 Å². The lowest BCUT2D eigenvalue weighted by Crippen LogP contribution is -2.22. The molecule has 0 spiro atoms. The number of nitrogens with zero attached hydrogens (tertiary/aromatic N) is 3. The Kier molecular flexibility index (Phi) is 3.23. The van der Waals surface area contributed by atoms with Crippen LogP contribution in [0.25, 0.3) is 10.9 Å². The third kappa shape index (κ3) is 2.41. The van der Waals surface area contributed by atoms with Crippen molar-refractivity contribution in [2.75, 3.05) is 18.0 Å². The molecule has 7 nitrogen and oxygen atoms in total. The third-order valence-corrected chi connectivity index (χ3v) is 3.71. The average molecular weight is 289 g/mol. The van der Waals surface area contributed by atoms with Gasteiger partial charge in [-0.05, 0) is 19.1 Å². The zero-order valence-electron chi connectivity index (χ0n) is 11.4. The van der Waals surface area contributed by atoms with Crippen LogP contribution >= 0.6 is 0 Å². The van der Waals surface area contributed by atoms with E-state index in [9.17, 15) is 20.3 Å². The maximum atomic E-state index is 10.9. The molecule has 0 bridgehead atoms. The van der Waals surface area contributed by atoms with Crippen LogP contribution in [0.15, 0.2) is 24.3 Å². The summed E-state index contributed by atoms with van der Waals surface area (Å²) in [4.78, 5) is 16.7. The molecule has 2 unspecified atom stereocenters. The van der Waals surface area contributed by atoms with Gasteiger partial charge in [0.1, 0.15) is 0 Å². The molecule has 1 aliphatic rings. The van der Waals surface area contributed by atoms with Crippen LogP contribution in [0, 0.1) is 17.0 Å². The molecule has 2 heterocycles. The second-order valence-corrected chi connectivity index (χ2v) is 5.28. The van der Waals surface area contributed by atoms with Crippen molar-refractivity contribution in [1.82, 2.24) is 4.98 Å². The van der Waals surface area contributed by atoms with E-state index < -0.39 is 17.1 Å². The van der Waals surface area contributed by atoms with Crippen LogP contribution < -0.4 is 4.90 Å². The van der Waals surface area contributed by atoms with E-state index in [1.54, 1.807) is 6.07 Å². The number of β-amino-alcohol motifs (C(OH)–C–C–N with tert-alkyl or cyclic N) is 2. The SMILES string of the molecule is Cc1cc(N2CC(O)C(O)C2)c2cc([N+](=O)[O-])ccc2n1. The summed E-state index contributed by atoms with van der Waals surface area (Å²) in [5.74, 6) is 0. The van der Waals surface area contributed by atoms with E-state index in [1.165, 1.54) is 12.1 Å². The zero-order valence-corrected chi connectivity index (χ0v) is 11.4. The summed E-state index contributed by atoms with van der Waals surface area (Å²) in [6.45, 7) is 2.43. The Morgan fingerprint density at radius 1 is 1.29 bits per heavy atom. The Balaban J connectivity index is 2.16. The lowest BCUT2D eigenvalue weighted by atomic mass is 10.1. The molecule has 1 saturated heterocycles. The molecule has 2 N–H and O–H groups in total. The lowest BCUT2D eigenvalue weighted by molar-refractivity contribution is -0.384. The topological polar surface area (TPSA) is 99.7 Å². The standard InChI is InChI=1S/C14H15N3O4/c1-8-4-12(16-6-13(18)14(19)7-16)10-5-9(17(20)21)2-3-11(10)15-8/h2-5,13-14,18-19H,6-7H2,1H3. The molecular formula is C14H15N3O4. The number of fused-ring (bicyclic) bond motifs is 1. The van der Waals surface area contributed by atoms with E-state index in [0.717, 1.165) is 11.4 Å². The van der Waals surface area contributed by atoms with Crippen LogP contribution in [-0.4, -0.2) is 45.4 Å². The van der Waals surface area contributed by atoms with Gasteiger partial charge in [-0.3, -0.25) is 15.1 Å². The molecule has 110 valence electrons. The highest BCUT2D eigenvalue weighted by molar-refractivity contribution is 5.93. The van der Waals surface area contributed by atoms with Crippen molar-refractivity contribution < 1.29 is 15.1 Å². The second kappa shape index (κ2) is 4.94. The fraction of sp³-hybridized carbons (Fsp3) is 0.357.